The highest BCUT2D eigenvalue weighted by atomic mass is 35.5. The van der Waals surface area contributed by atoms with Gasteiger partial charge in [-0.1, -0.05) is 29.3 Å². The van der Waals surface area contributed by atoms with Crippen molar-refractivity contribution in [2.45, 2.75) is 44.8 Å². The molecule has 4 aromatic rings. The number of halogens is 5. The third-order valence-electron chi connectivity index (χ3n) is 6.93. The number of carbonyl (C=O) groups is 1. The second kappa shape index (κ2) is 11.8. The Bertz CT molecular complexity index is 1700. The van der Waals surface area contributed by atoms with Gasteiger partial charge in [0.25, 0.3) is 5.91 Å². The van der Waals surface area contributed by atoms with Crippen LogP contribution in [0.3, 0.4) is 0 Å². The molecule has 1 aliphatic rings. The smallest absolute Gasteiger partial charge is 0.382 e. The van der Waals surface area contributed by atoms with Gasteiger partial charge < -0.3 is 14.7 Å². The van der Waals surface area contributed by atoms with Crippen LogP contribution in [0.15, 0.2) is 53.6 Å². The molecule has 0 aliphatic carbocycles. The van der Waals surface area contributed by atoms with E-state index >= 15 is 0 Å². The van der Waals surface area contributed by atoms with E-state index in [0.717, 1.165) is 9.25 Å². The Kier molecular flexibility index (Phi) is 8.40. The van der Waals surface area contributed by atoms with Crippen molar-refractivity contribution >= 4 is 29.1 Å². The molecule has 0 bridgehead atoms. The molecule has 1 saturated heterocycles. The summed E-state index contributed by atoms with van der Waals surface area (Å²) in [7, 11) is 0. The summed E-state index contributed by atoms with van der Waals surface area (Å²) in [6, 6.07) is 10.8. The topological polar surface area (TPSA) is 120 Å². The average molecular weight is 640 g/mol. The molecule has 1 unspecified atom stereocenters. The summed E-state index contributed by atoms with van der Waals surface area (Å²) in [4.78, 5) is 32.8. The molecule has 5 rings (SSSR count). The van der Waals surface area contributed by atoms with Crippen molar-refractivity contribution in [1.29, 1.82) is 0 Å². The Morgan fingerprint density at radius 3 is 2.53 bits per heavy atom. The van der Waals surface area contributed by atoms with Crippen LogP contribution in [0.25, 0.3) is 17.1 Å². The van der Waals surface area contributed by atoms with E-state index in [9.17, 15) is 27.9 Å². The number of hydrogen-bond acceptors (Lipinski definition) is 7. The fourth-order valence-electron chi connectivity index (χ4n) is 4.71. The van der Waals surface area contributed by atoms with Crippen LogP contribution < -0.4 is 5.69 Å². The van der Waals surface area contributed by atoms with Crippen molar-refractivity contribution in [3.05, 3.63) is 80.7 Å². The zero-order valence-electron chi connectivity index (χ0n) is 22.9. The first-order valence-corrected chi connectivity index (χ1v) is 13.8. The number of aliphatic hydroxyl groups excluding tert-OH is 1. The summed E-state index contributed by atoms with van der Waals surface area (Å²) < 4.78 is 48.0. The first-order valence-electron chi connectivity index (χ1n) is 13.0. The quantitative estimate of drug-likeness (QED) is 0.326. The van der Waals surface area contributed by atoms with Crippen LogP contribution >= 0.6 is 23.2 Å². The lowest BCUT2D eigenvalue weighted by atomic mass is 10.0. The normalized spacial score (nSPS) is 16.0. The highest BCUT2D eigenvalue weighted by molar-refractivity contribution is 6.33. The van der Waals surface area contributed by atoms with E-state index in [1.165, 1.54) is 35.3 Å². The molecule has 2 aromatic heterocycles. The van der Waals surface area contributed by atoms with Gasteiger partial charge in [0.15, 0.2) is 17.8 Å². The van der Waals surface area contributed by atoms with Crippen LogP contribution in [0.5, 0.6) is 0 Å². The minimum atomic E-state index is -4.96. The van der Waals surface area contributed by atoms with Crippen LogP contribution in [-0.2, 0) is 17.8 Å². The summed E-state index contributed by atoms with van der Waals surface area (Å²) in [5, 5.41) is 18.9. The molecular formula is C27H26Cl2F3N7O4. The molecule has 43 heavy (non-hydrogen) atoms. The van der Waals surface area contributed by atoms with Crippen LogP contribution in [-0.4, -0.2) is 82.6 Å². The van der Waals surface area contributed by atoms with Gasteiger partial charge in [0.05, 0.1) is 41.6 Å². The maximum atomic E-state index is 13.6. The Morgan fingerprint density at radius 1 is 1.14 bits per heavy atom. The van der Waals surface area contributed by atoms with Crippen molar-refractivity contribution in [3.63, 3.8) is 0 Å². The van der Waals surface area contributed by atoms with E-state index in [1.807, 2.05) is 13.8 Å². The van der Waals surface area contributed by atoms with Crippen LogP contribution in [0, 0.1) is 0 Å². The van der Waals surface area contributed by atoms with Crippen LogP contribution in [0.4, 0.5) is 13.2 Å². The number of benzene rings is 2. The molecule has 228 valence electrons. The number of nitrogens with zero attached hydrogens (tertiary/aromatic N) is 7. The number of rotatable bonds is 7. The van der Waals surface area contributed by atoms with E-state index in [0.29, 0.717) is 30.3 Å². The number of aliphatic hydroxyl groups is 1. The summed E-state index contributed by atoms with van der Waals surface area (Å²) in [6.07, 6.45) is -6.45. The molecule has 0 saturated carbocycles. The second-order valence-electron chi connectivity index (χ2n) is 10.5. The fraction of sp³-hybridized carbons (Fsp3) is 0.370. The first kappa shape index (κ1) is 30.7. The van der Waals surface area contributed by atoms with Gasteiger partial charge in [-0.15, -0.1) is 10.2 Å². The molecule has 11 nitrogen and oxygen atoms in total. The number of aromatic nitrogens is 6. The predicted octanol–water partition coefficient (Wildman–Crippen LogP) is 3.82. The largest absolute Gasteiger partial charge is 0.416 e. The van der Waals surface area contributed by atoms with Crippen LogP contribution in [0.2, 0.25) is 10.0 Å². The maximum absolute atomic E-state index is 13.6. The van der Waals surface area contributed by atoms with E-state index in [1.54, 1.807) is 23.1 Å². The average Bonchev–Trinajstić information content (AvgIpc) is 3.52. The van der Waals surface area contributed by atoms with E-state index in [2.05, 4.69) is 15.2 Å². The standard InChI is InChI=1S/C27H26Cl2F3N7O4/c1-26(2)14-43-11-10-37(26)24(41)18-4-3-5-19(29)22(18)39-15-33-21(34-39)13-38-25(42)36(12-20(40)27(30,31)32)23(35-38)16-6-8-17(28)9-7-16/h3-9,15,20,40H,10-14H2,1-2H3. The molecule has 1 fully saturated rings. The van der Waals surface area contributed by atoms with E-state index in [-0.39, 0.29) is 40.4 Å². The van der Waals surface area contributed by atoms with Crippen molar-refractivity contribution < 1.29 is 27.8 Å². The lowest BCUT2D eigenvalue weighted by Crippen LogP contribution is -2.55. The fourth-order valence-corrected chi connectivity index (χ4v) is 5.10. The Labute approximate surface area is 253 Å². The highest BCUT2D eigenvalue weighted by Crippen LogP contribution is 2.29. The summed E-state index contributed by atoms with van der Waals surface area (Å²) in [6.45, 7) is 3.51. The molecular weight excluding hydrogens is 614 g/mol. The molecule has 1 N–H and O–H groups in total. The van der Waals surface area contributed by atoms with E-state index in [4.69, 9.17) is 27.9 Å². The Morgan fingerprint density at radius 2 is 1.86 bits per heavy atom. The van der Waals surface area contributed by atoms with Crippen molar-refractivity contribution in [2.24, 2.45) is 0 Å². The summed E-state index contributed by atoms with van der Waals surface area (Å²) >= 11 is 12.5. The number of amides is 1. The Balaban J connectivity index is 1.49. The lowest BCUT2D eigenvalue weighted by Gasteiger charge is -2.42. The number of alkyl halides is 3. The third-order valence-corrected chi connectivity index (χ3v) is 7.48. The monoisotopic (exact) mass is 639 g/mol. The number of hydrogen-bond donors (Lipinski definition) is 1. The van der Waals surface area contributed by atoms with Crippen molar-refractivity contribution in [1.82, 2.24) is 34.0 Å². The molecule has 2 aromatic carbocycles. The minimum absolute atomic E-state index is 0.0656. The molecule has 1 amide bonds. The molecule has 1 aliphatic heterocycles. The van der Waals surface area contributed by atoms with E-state index < -0.39 is 30.1 Å². The van der Waals surface area contributed by atoms with Gasteiger partial charge in [-0.25, -0.2) is 19.1 Å². The van der Waals surface area contributed by atoms with Crippen LogP contribution in [0.1, 0.15) is 30.0 Å². The van der Waals surface area contributed by atoms with Gasteiger partial charge in [-0.05, 0) is 50.2 Å². The first-order chi connectivity index (χ1) is 20.3. The van der Waals surface area contributed by atoms with Gasteiger partial charge in [0.2, 0.25) is 0 Å². The highest BCUT2D eigenvalue weighted by Gasteiger charge is 2.39. The second-order valence-corrected chi connectivity index (χ2v) is 11.3. The summed E-state index contributed by atoms with van der Waals surface area (Å²) in [5.41, 5.74) is -0.648. The number of morpholine rings is 1. The van der Waals surface area contributed by atoms with Gasteiger partial charge in [-0.3, -0.25) is 9.36 Å². The van der Waals surface area contributed by atoms with Gasteiger partial charge >= 0.3 is 11.9 Å². The molecule has 3 heterocycles. The molecule has 0 spiro atoms. The van der Waals surface area contributed by atoms with Crippen molar-refractivity contribution in [2.75, 3.05) is 19.8 Å². The lowest BCUT2D eigenvalue weighted by molar-refractivity contribution is -0.207. The molecule has 16 heteroatoms. The predicted molar refractivity (Wildman–Crippen MR) is 150 cm³/mol. The molecule has 1 atom stereocenters. The van der Waals surface area contributed by atoms with Crippen molar-refractivity contribution in [3.8, 4) is 17.1 Å². The SMILES string of the molecule is CC1(C)COCCN1C(=O)c1cccc(Cl)c1-n1cnc(Cn2nc(-c3ccc(Cl)cc3)n(CC(O)C(F)(F)F)c2=O)n1. The zero-order chi connectivity index (χ0) is 31.1. The number of para-hydroxylation sites is 1. The van der Waals surface area contributed by atoms with Gasteiger partial charge in [0, 0.05) is 17.1 Å². The minimum Gasteiger partial charge on any atom is -0.382 e. The number of ether oxygens (including phenoxy) is 1. The number of carbonyl (C=O) groups excluding carboxylic acids is 1. The summed E-state index contributed by atoms with van der Waals surface area (Å²) in [5.74, 6) is -0.332. The zero-order valence-corrected chi connectivity index (χ0v) is 24.4. The Hall–Kier alpha value is -3.72. The maximum Gasteiger partial charge on any atom is 0.416 e. The molecule has 0 radical (unpaired) electrons. The van der Waals surface area contributed by atoms with Gasteiger partial charge in [0.1, 0.15) is 12.9 Å². The third kappa shape index (κ3) is 6.32. The van der Waals surface area contributed by atoms with Gasteiger partial charge in [-0.2, -0.15) is 13.2 Å².